The molecule has 1 saturated heterocycles. The third kappa shape index (κ3) is 3.31. The number of aromatic nitrogens is 4. The van der Waals surface area contributed by atoms with E-state index in [-0.39, 0.29) is 11.7 Å². The van der Waals surface area contributed by atoms with Crippen LogP contribution in [-0.2, 0) is 0 Å². The van der Waals surface area contributed by atoms with Gasteiger partial charge >= 0.3 is 0 Å². The number of anilines is 1. The van der Waals surface area contributed by atoms with Crippen molar-refractivity contribution >= 4 is 5.82 Å². The van der Waals surface area contributed by atoms with Crippen LogP contribution in [0.5, 0.6) is 0 Å². The monoisotopic (exact) mass is 378 g/mol. The van der Waals surface area contributed by atoms with Crippen LogP contribution >= 0.6 is 0 Å². The average molecular weight is 378 g/mol. The maximum absolute atomic E-state index is 13.1. The molecule has 0 aliphatic carbocycles. The van der Waals surface area contributed by atoms with Crippen LogP contribution in [0.3, 0.4) is 0 Å². The summed E-state index contributed by atoms with van der Waals surface area (Å²) in [7, 11) is 0. The fraction of sp³-hybridized carbons (Fsp3) is 0.350. The summed E-state index contributed by atoms with van der Waals surface area (Å²) in [6, 6.07) is 8.25. The Labute approximate surface area is 161 Å². The molecule has 0 N–H and O–H groups in total. The molecule has 0 bridgehead atoms. The summed E-state index contributed by atoms with van der Waals surface area (Å²) in [6.45, 7) is 5.15. The zero-order valence-electron chi connectivity index (χ0n) is 15.7. The minimum absolute atomic E-state index is 0.0328. The number of hydrogen-bond donors (Lipinski definition) is 0. The topological polar surface area (TPSA) is 91.7 Å². The summed E-state index contributed by atoms with van der Waals surface area (Å²) >= 11 is 0. The van der Waals surface area contributed by atoms with E-state index >= 15 is 0 Å². The van der Waals surface area contributed by atoms with Crippen LogP contribution in [0.4, 0.5) is 10.2 Å². The number of piperidine rings is 1. The van der Waals surface area contributed by atoms with Crippen LogP contribution in [0.1, 0.15) is 41.5 Å². The lowest BCUT2D eigenvalue weighted by atomic mass is 9.97. The first-order valence-electron chi connectivity index (χ1n) is 9.15. The summed E-state index contributed by atoms with van der Waals surface area (Å²) in [6.07, 6.45) is 1.82. The summed E-state index contributed by atoms with van der Waals surface area (Å²) in [5, 5.41) is 22.1. The van der Waals surface area contributed by atoms with E-state index in [1.807, 2.05) is 13.8 Å². The highest BCUT2D eigenvalue weighted by molar-refractivity contribution is 5.58. The van der Waals surface area contributed by atoms with Crippen molar-refractivity contribution in [2.24, 2.45) is 0 Å². The third-order valence-electron chi connectivity index (χ3n) is 5.16. The maximum Gasteiger partial charge on any atom is 0.231 e. The first kappa shape index (κ1) is 18.0. The van der Waals surface area contributed by atoms with E-state index < -0.39 is 0 Å². The lowest BCUT2D eigenvalue weighted by molar-refractivity contribution is 0.333. The Balaban J connectivity index is 1.58. The van der Waals surface area contributed by atoms with E-state index in [0.29, 0.717) is 35.2 Å². The van der Waals surface area contributed by atoms with E-state index in [1.165, 1.54) is 12.1 Å². The number of benzene rings is 1. The first-order valence-corrected chi connectivity index (χ1v) is 9.15. The molecule has 0 saturated carbocycles. The van der Waals surface area contributed by atoms with Gasteiger partial charge < -0.3 is 9.42 Å². The molecule has 1 unspecified atom stereocenters. The minimum atomic E-state index is -0.307. The van der Waals surface area contributed by atoms with E-state index in [9.17, 15) is 9.65 Å². The van der Waals surface area contributed by atoms with Gasteiger partial charge in [-0.3, -0.25) is 0 Å². The molecule has 1 aliphatic heterocycles. The third-order valence-corrected chi connectivity index (χ3v) is 5.16. The van der Waals surface area contributed by atoms with Crippen LogP contribution in [0, 0.1) is 31.0 Å². The van der Waals surface area contributed by atoms with Gasteiger partial charge in [-0.2, -0.15) is 15.3 Å². The number of aryl methyl sites for hydroxylation is 1. The van der Waals surface area contributed by atoms with Crippen molar-refractivity contribution in [1.82, 2.24) is 20.3 Å². The summed E-state index contributed by atoms with van der Waals surface area (Å²) < 4.78 is 18.6. The van der Waals surface area contributed by atoms with E-state index in [4.69, 9.17) is 4.52 Å². The number of rotatable bonds is 3. The number of nitrogens with zero attached hydrogens (tertiary/aromatic N) is 6. The van der Waals surface area contributed by atoms with Crippen LogP contribution in [0.15, 0.2) is 28.8 Å². The highest BCUT2D eigenvalue weighted by Gasteiger charge is 2.29. The van der Waals surface area contributed by atoms with Crippen LogP contribution < -0.4 is 4.90 Å². The van der Waals surface area contributed by atoms with Gasteiger partial charge in [-0.05, 0) is 56.5 Å². The molecule has 4 rings (SSSR count). The van der Waals surface area contributed by atoms with Gasteiger partial charge in [0.25, 0.3) is 0 Å². The van der Waals surface area contributed by atoms with E-state index in [0.717, 1.165) is 30.6 Å². The van der Waals surface area contributed by atoms with Crippen molar-refractivity contribution in [2.75, 3.05) is 18.0 Å². The fourth-order valence-electron chi connectivity index (χ4n) is 3.44. The highest BCUT2D eigenvalue weighted by Crippen LogP contribution is 2.31. The molecule has 3 aromatic rings. The van der Waals surface area contributed by atoms with Crippen molar-refractivity contribution < 1.29 is 8.91 Å². The quantitative estimate of drug-likeness (QED) is 0.688. The fourth-order valence-corrected chi connectivity index (χ4v) is 3.44. The predicted molar refractivity (Wildman–Crippen MR) is 100 cm³/mol. The van der Waals surface area contributed by atoms with Gasteiger partial charge in [0.2, 0.25) is 11.7 Å². The summed E-state index contributed by atoms with van der Waals surface area (Å²) in [5.41, 5.74) is 2.88. The second-order valence-corrected chi connectivity index (χ2v) is 6.97. The second kappa shape index (κ2) is 7.35. The highest BCUT2D eigenvalue weighted by atomic mass is 19.1. The molecule has 7 nitrogen and oxygen atoms in total. The Hall–Kier alpha value is -3.34. The molecule has 2 aromatic heterocycles. The molecule has 0 amide bonds. The van der Waals surface area contributed by atoms with Crippen LogP contribution in [0.2, 0.25) is 0 Å². The van der Waals surface area contributed by atoms with Gasteiger partial charge in [-0.15, -0.1) is 5.10 Å². The smallest absolute Gasteiger partial charge is 0.231 e. The number of halogens is 1. The molecule has 3 heterocycles. The molecule has 0 spiro atoms. The van der Waals surface area contributed by atoms with Crippen molar-refractivity contribution in [1.29, 1.82) is 5.26 Å². The molecular weight excluding hydrogens is 359 g/mol. The summed E-state index contributed by atoms with van der Waals surface area (Å²) in [4.78, 5) is 6.57. The molecular formula is C20H19FN6O. The summed E-state index contributed by atoms with van der Waals surface area (Å²) in [5.74, 6) is 1.31. The Kier molecular flexibility index (Phi) is 4.74. The lowest BCUT2D eigenvalue weighted by Crippen LogP contribution is -2.36. The molecule has 1 aliphatic rings. The molecule has 8 heteroatoms. The molecule has 1 fully saturated rings. The number of nitriles is 1. The average Bonchev–Trinajstić information content (AvgIpc) is 3.21. The van der Waals surface area contributed by atoms with Crippen LogP contribution in [0.25, 0.3) is 11.4 Å². The zero-order chi connectivity index (χ0) is 19.7. The van der Waals surface area contributed by atoms with E-state index in [1.54, 1.807) is 12.1 Å². The Morgan fingerprint density at radius 3 is 2.75 bits per heavy atom. The van der Waals surface area contributed by atoms with Crippen molar-refractivity contribution in [3.63, 3.8) is 0 Å². The Morgan fingerprint density at radius 2 is 2.00 bits per heavy atom. The molecule has 28 heavy (non-hydrogen) atoms. The largest absolute Gasteiger partial charge is 0.353 e. The normalized spacial score (nSPS) is 16.8. The first-order chi connectivity index (χ1) is 13.6. The number of hydrogen-bond acceptors (Lipinski definition) is 7. The van der Waals surface area contributed by atoms with Crippen molar-refractivity contribution in [2.45, 2.75) is 32.6 Å². The van der Waals surface area contributed by atoms with Gasteiger partial charge in [-0.1, -0.05) is 5.16 Å². The van der Waals surface area contributed by atoms with Crippen LogP contribution in [-0.4, -0.2) is 33.4 Å². The Morgan fingerprint density at radius 1 is 1.21 bits per heavy atom. The molecule has 0 radical (unpaired) electrons. The Bertz CT molecular complexity index is 1040. The standard InChI is InChI=1S/C20H19FN6O/c1-12-13(2)24-25-19(17(12)10-22)27-9-3-4-15(11-27)20-23-18(26-28-20)14-5-7-16(21)8-6-14/h5-8,15H,3-4,9,11H2,1-2H3. The maximum atomic E-state index is 13.1. The lowest BCUT2D eigenvalue weighted by Gasteiger charge is -2.32. The predicted octanol–water partition coefficient (Wildman–Crippen LogP) is 3.54. The van der Waals surface area contributed by atoms with Crippen molar-refractivity contribution in [3.05, 3.63) is 52.8 Å². The minimum Gasteiger partial charge on any atom is -0.353 e. The van der Waals surface area contributed by atoms with Gasteiger partial charge in [-0.25, -0.2) is 4.39 Å². The second-order valence-electron chi connectivity index (χ2n) is 6.97. The van der Waals surface area contributed by atoms with Gasteiger partial charge in [0, 0.05) is 18.7 Å². The zero-order valence-corrected chi connectivity index (χ0v) is 15.7. The molecule has 1 atom stereocenters. The SMILES string of the molecule is Cc1nnc(N2CCCC(c3nc(-c4ccc(F)cc4)no3)C2)c(C#N)c1C. The van der Waals surface area contributed by atoms with Gasteiger partial charge in [0.15, 0.2) is 5.82 Å². The van der Waals surface area contributed by atoms with Gasteiger partial charge in [0.05, 0.1) is 11.6 Å². The molecule has 1 aromatic carbocycles. The molecule has 142 valence electrons. The van der Waals surface area contributed by atoms with E-state index in [2.05, 4.69) is 31.3 Å². The van der Waals surface area contributed by atoms with Gasteiger partial charge in [0.1, 0.15) is 17.4 Å². The van der Waals surface area contributed by atoms with Crippen molar-refractivity contribution in [3.8, 4) is 17.5 Å².